The highest BCUT2D eigenvalue weighted by Gasteiger charge is 2.30. The molecule has 1 aliphatic rings. The van der Waals surface area contributed by atoms with Crippen LogP contribution in [0.25, 0.3) is 0 Å². The number of nitrogens with one attached hydrogen (secondary N) is 1. The van der Waals surface area contributed by atoms with Crippen LogP contribution in [-0.4, -0.2) is 40.7 Å². The Bertz CT molecular complexity index is 488. The highest BCUT2D eigenvalue weighted by molar-refractivity contribution is 6.32. The van der Waals surface area contributed by atoms with E-state index in [1.165, 1.54) is 0 Å². The van der Waals surface area contributed by atoms with Crippen molar-refractivity contribution < 1.29 is 9.53 Å². The zero-order valence-corrected chi connectivity index (χ0v) is 12.8. The molecule has 5 nitrogen and oxygen atoms in total. The average molecular weight is 298 g/mol. The van der Waals surface area contributed by atoms with Gasteiger partial charge in [0.05, 0.1) is 5.02 Å². The van der Waals surface area contributed by atoms with Gasteiger partial charge in [0.15, 0.2) is 0 Å². The number of aromatic nitrogens is 1. The monoisotopic (exact) mass is 297 g/mol. The predicted molar refractivity (Wildman–Crippen MR) is 79.1 cm³/mol. The van der Waals surface area contributed by atoms with Crippen LogP contribution in [0.3, 0.4) is 0 Å². The fourth-order valence-corrected chi connectivity index (χ4v) is 2.23. The van der Waals surface area contributed by atoms with Crippen LogP contribution < -0.4 is 5.32 Å². The van der Waals surface area contributed by atoms with E-state index >= 15 is 0 Å². The van der Waals surface area contributed by atoms with Crippen LogP contribution >= 0.6 is 11.6 Å². The van der Waals surface area contributed by atoms with E-state index in [1.54, 1.807) is 23.2 Å². The molecule has 2 rings (SSSR count). The molecule has 1 amide bonds. The van der Waals surface area contributed by atoms with Crippen LogP contribution in [0, 0.1) is 0 Å². The number of hydrogen-bond donors (Lipinski definition) is 1. The second-order valence-corrected chi connectivity index (χ2v) is 6.30. The van der Waals surface area contributed by atoms with Crippen molar-refractivity contribution in [3.8, 4) is 0 Å². The Hall–Kier alpha value is -1.49. The van der Waals surface area contributed by atoms with Crippen molar-refractivity contribution in [2.24, 2.45) is 0 Å². The largest absolute Gasteiger partial charge is 0.444 e. The van der Waals surface area contributed by atoms with Crippen molar-refractivity contribution in [2.75, 3.05) is 18.4 Å². The summed E-state index contributed by atoms with van der Waals surface area (Å²) in [6.07, 6.45) is 2.27. The first-order valence-electron chi connectivity index (χ1n) is 6.70. The standard InChI is InChI=1S/C14H20ClN3O2/c1-14(2,3)20-13(19)18-8-6-10(9-18)17-12-11(15)5-4-7-16-12/h4-5,7,10H,6,8-9H2,1-3H3,(H,16,17)/t10-/m0/s1. The number of likely N-dealkylation sites (tertiary alicyclic amines) is 1. The summed E-state index contributed by atoms with van der Waals surface area (Å²) < 4.78 is 5.36. The van der Waals surface area contributed by atoms with Crippen molar-refractivity contribution in [1.82, 2.24) is 9.88 Å². The van der Waals surface area contributed by atoms with E-state index in [2.05, 4.69) is 10.3 Å². The number of amides is 1. The third-order valence-corrected chi connectivity index (χ3v) is 3.24. The van der Waals surface area contributed by atoms with Crippen molar-refractivity contribution >= 4 is 23.5 Å². The van der Waals surface area contributed by atoms with Gasteiger partial charge in [-0.25, -0.2) is 9.78 Å². The zero-order valence-electron chi connectivity index (χ0n) is 12.0. The number of halogens is 1. The maximum absolute atomic E-state index is 12.0. The third kappa shape index (κ3) is 4.00. The summed E-state index contributed by atoms with van der Waals surface area (Å²) in [6.45, 7) is 6.87. The predicted octanol–water partition coefficient (Wildman–Crippen LogP) is 3.16. The molecule has 1 N–H and O–H groups in total. The first-order valence-corrected chi connectivity index (χ1v) is 7.08. The Morgan fingerprint density at radius 2 is 2.30 bits per heavy atom. The van der Waals surface area contributed by atoms with Gasteiger partial charge in [0.1, 0.15) is 11.4 Å². The van der Waals surface area contributed by atoms with Gasteiger partial charge < -0.3 is 15.0 Å². The lowest BCUT2D eigenvalue weighted by molar-refractivity contribution is 0.0293. The molecule has 0 aromatic carbocycles. The number of rotatable bonds is 2. The van der Waals surface area contributed by atoms with Gasteiger partial charge in [-0.3, -0.25) is 0 Å². The maximum Gasteiger partial charge on any atom is 0.410 e. The van der Waals surface area contributed by atoms with Gasteiger partial charge in [0.2, 0.25) is 0 Å². The minimum Gasteiger partial charge on any atom is -0.444 e. The minimum absolute atomic E-state index is 0.148. The van der Waals surface area contributed by atoms with Crippen molar-refractivity contribution in [3.63, 3.8) is 0 Å². The van der Waals surface area contributed by atoms with Gasteiger partial charge in [0, 0.05) is 25.3 Å². The number of anilines is 1. The van der Waals surface area contributed by atoms with E-state index in [0.29, 0.717) is 23.9 Å². The van der Waals surface area contributed by atoms with Gasteiger partial charge >= 0.3 is 6.09 Å². The Morgan fingerprint density at radius 3 is 2.95 bits per heavy atom. The molecule has 0 unspecified atom stereocenters. The summed E-state index contributed by atoms with van der Waals surface area (Å²) in [5, 5.41) is 3.85. The number of ether oxygens (including phenoxy) is 1. The van der Waals surface area contributed by atoms with Crippen LogP contribution in [0.2, 0.25) is 5.02 Å². The summed E-state index contributed by atoms with van der Waals surface area (Å²) in [7, 11) is 0. The molecule has 2 heterocycles. The number of carbonyl (C=O) groups excluding carboxylic acids is 1. The Morgan fingerprint density at radius 1 is 1.55 bits per heavy atom. The molecule has 1 aliphatic heterocycles. The van der Waals surface area contributed by atoms with E-state index in [1.807, 2.05) is 20.8 Å². The van der Waals surface area contributed by atoms with Gasteiger partial charge in [0.25, 0.3) is 0 Å². The van der Waals surface area contributed by atoms with Gasteiger partial charge in [-0.2, -0.15) is 0 Å². The molecule has 0 radical (unpaired) electrons. The Labute approximate surface area is 124 Å². The second kappa shape index (κ2) is 5.87. The van der Waals surface area contributed by atoms with E-state index in [4.69, 9.17) is 16.3 Å². The Kier molecular flexibility index (Phi) is 4.38. The lowest BCUT2D eigenvalue weighted by Crippen LogP contribution is -2.36. The fraction of sp³-hybridized carbons (Fsp3) is 0.571. The first-order chi connectivity index (χ1) is 9.35. The molecule has 6 heteroatoms. The van der Waals surface area contributed by atoms with E-state index in [0.717, 1.165) is 6.42 Å². The van der Waals surface area contributed by atoms with Gasteiger partial charge in [-0.15, -0.1) is 0 Å². The van der Waals surface area contributed by atoms with Gasteiger partial charge in [-0.05, 0) is 39.3 Å². The van der Waals surface area contributed by atoms with Crippen LogP contribution in [-0.2, 0) is 4.74 Å². The molecule has 1 atom stereocenters. The molecule has 1 fully saturated rings. The minimum atomic E-state index is -0.465. The van der Waals surface area contributed by atoms with Crippen molar-refractivity contribution in [3.05, 3.63) is 23.4 Å². The normalized spacial score (nSPS) is 19.0. The molecule has 0 spiro atoms. The van der Waals surface area contributed by atoms with E-state index in [9.17, 15) is 4.79 Å². The van der Waals surface area contributed by atoms with Gasteiger partial charge in [-0.1, -0.05) is 11.6 Å². The SMILES string of the molecule is CC(C)(C)OC(=O)N1CC[C@H](Nc2ncccc2Cl)C1. The summed E-state index contributed by atoms with van der Waals surface area (Å²) in [5.41, 5.74) is -0.465. The molecule has 0 bridgehead atoms. The maximum atomic E-state index is 12.0. The number of hydrogen-bond acceptors (Lipinski definition) is 4. The molecule has 0 saturated carbocycles. The smallest absolute Gasteiger partial charge is 0.410 e. The van der Waals surface area contributed by atoms with Crippen LogP contribution in [0.15, 0.2) is 18.3 Å². The molecule has 20 heavy (non-hydrogen) atoms. The summed E-state index contributed by atoms with van der Waals surface area (Å²) in [6, 6.07) is 3.72. The van der Waals surface area contributed by atoms with Crippen molar-refractivity contribution in [1.29, 1.82) is 0 Å². The molecular weight excluding hydrogens is 278 g/mol. The summed E-state index contributed by atoms with van der Waals surface area (Å²) >= 11 is 6.06. The summed E-state index contributed by atoms with van der Waals surface area (Å²) in [4.78, 5) is 17.9. The zero-order chi connectivity index (χ0) is 14.8. The lowest BCUT2D eigenvalue weighted by atomic mass is 10.2. The molecule has 110 valence electrons. The number of nitrogens with zero attached hydrogens (tertiary/aromatic N) is 2. The van der Waals surface area contributed by atoms with Crippen molar-refractivity contribution in [2.45, 2.75) is 38.8 Å². The molecule has 1 aromatic rings. The van der Waals surface area contributed by atoms with Crippen LogP contribution in [0.1, 0.15) is 27.2 Å². The topological polar surface area (TPSA) is 54.5 Å². The number of pyridine rings is 1. The average Bonchev–Trinajstić information content (AvgIpc) is 2.79. The first kappa shape index (κ1) is 14.9. The highest BCUT2D eigenvalue weighted by atomic mass is 35.5. The fourth-order valence-electron chi connectivity index (χ4n) is 2.06. The van der Waals surface area contributed by atoms with E-state index < -0.39 is 5.60 Å². The lowest BCUT2D eigenvalue weighted by Gasteiger charge is -2.24. The number of carbonyl (C=O) groups is 1. The third-order valence-electron chi connectivity index (χ3n) is 2.94. The van der Waals surface area contributed by atoms with Crippen LogP contribution in [0.5, 0.6) is 0 Å². The quantitative estimate of drug-likeness (QED) is 0.911. The molecule has 1 saturated heterocycles. The second-order valence-electron chi connectivity index (χ2n) is 5.89. The molecular formula is C14H20ClN3O2. The highest BCUT2D eigenvalue weighted by Crippen LogP contribution is 2.22. The molecule has 1 aromatic heterocycles. The van der Waals surface area contributed by atoms with E-state index in [-0.39, 0.29) is 12.1 Å². The van der Waals surface area contributed by atoms with Crippen LogP contribution in [0.4, 0.5) is 10.6 Å². The Balaban J connectivity index is 1.90. The molecule has 0 aliphatic carbocycles. The summed E-state index contributed by atoms with van der Waals surface area (Å²) in [5.74, 6) is 0.658.